The molecular weight excluding hydrogens is 432 g/mol. The standard InChI is InChI=1S/C18H13F6N5O2/c1-8-17(20,21)16(2,29-15(25)31-8)10-5-9(3-4-11(10)19)28-14(30)12-6-27-13(7-26-12)18(22,23)24/h3-7H,1H2,2H3,(H2,25,29)(H,28,30)/t16-/m1/s1. The molecule has 3 N–H and O–H groups in total. The minimum Gasteiger partial charge on any atom is -0.425 e. The highest BCUT2D eigenvalue weighted by Gasteiger charge is 2.59. The van der Waals surface area contributed by atoms with Crippen molar-refractivity contribution in [3.8, 4) is 0 Å². The van der Waals surface area contributed by atoms with Crippen LogP contribution in [0.3, 0.4) is 0 Å². The number of carbonyl (C=O) groups is 1. The summed E-state index contributed by atoms with van der Waals surface area (Å²) in [7, 11) is 0. The van der Waals surface area contributed by atoms with Crippen molar-refractivity contribution in [3.05, 3.63) is 65.7 Å². The SMILES string of the molecule is C=C1OC(N)=N[C@](C)(c2cc(NC(=O)c3cnc(C(F)(F)F)cn3)ccc2F)C1(F)F. The quantitative estimate of drug-likeness (QED) is 0.703. The maximum Gasteiger partial charge on any atom is 0.434 e. The molecule has 1 amide bonds. The Morgan fingerprint density at radius 2 is 1.90 bits per heavy atom. The summed E-state index contributed by atoms with van der Waals surface area (Å²) in [6.45, 7) is 3.98. The lowest BCUT2D eigenvalue weighted by molar-refractivity contribution is -0.141. The number of alkyl halides is 5. The van der Waals surface area contributed by atoms with Crippen LogP contribution in [0, 0.1) is 5.82 Å². The van der Waals surface area contributed by atoms with Crippen molar-refractivity contribution in [2.75, 3.05) is 5.32 Å². The maximum absolute atomic E-state index is 14.7. The zero-order chi connectivity index (χ0) is 23.2. The molecule has 1 aromatic carbocycles. The molecule has 13 heteroatoms. The van der Waals surface area contributed by atoms with E-state index in [4.69, 9.17) is 5.73 Å². The molecule has 0 aliphatic carbocycles. The number of benzene rings is 1. The number of carbonyl (C=O) groups excluding carboxylic acids is 1. The fourth-order valence-electron chi connectivity index (χ4n) is 2.77. The Kier molecular flexibility index (Phi) is 5.16. The van der Waals surface area contributed by atoms with Crippen LogP contribution in [0.1, 0.15) is 28.7 Å². The lowest BCUT2D eigenvalue weighted by atomic mass is 9.84. The largest absolute Gasteiger partial charge is 0.434 e. The van der Waals surface area contributed by atoms with Crippen molar-refractivity contribution in [2.24, 2.45) is 10.7 Å². The number of halogens is 6. The van der Waals surface area contributed by atoms with Crippen molar-refractivity contribution in [2.45, 2.75) is 24.6 Å². The third-order valence-electron chi connectivity index (χ3n) is 4.45. The predicted octanol–water partition coefficient (Wildman–Crippen LogP) is 3.60. The number of amidine groups is 1. The molecule has 2 heterocycles. The number of aromatic nitrogens is 2. The highest BCUT2D eigenvalue weighted by molar-refractivity contribution is 6.02. The van der Waals surface area contributed by atoms with Crippen LogP contribution < -0.4 is 11.1 Å². The maximum atomic E-state index is 14.7. The molecule has 3 rings (SSSR count). The Hall–Kier alpha value is -3.64. The number of nitrogens with zero attached hydrogens (tertiary/aromatic N) is 3. The zero-order valence-electron chi connectivity index (χ0n) is 15.6. The van der Waals surface area contributed by atoms with E-state index in [1.807, 2.05) is 0 Å². The van der Waals surface area contributed by atoms with Crippen LogP contribution in [0.25, 0.3) is 0 Å². The van der Waals surface area contributed by atoms with E-state index in [0.29, 0.717) is 12.4 Å². The van der Waals surface area contributed by atoms with Crippen LogP contribution in [0.2, 0.25) is 0 Å². The van der Waals surface area contributed by atoms with Crippen molar-refractivity contribution < 1.29 is 35.9 Å². The third kappa shape index (κ3) is 3.90. The molecule has 0 radical (unpaired) electrons. The Bertz CT molecular complexity index is 1080. The molecule has 1 aliphatic heterocycles. The van der Waals surface area contributed by atoms with E-state index in [0.717, 1.165) is 25.1 Å². The second-order valence-electron chi connectivity index (χ2n) is 6.56. The van der Waals surface area contributed by atoms with Crippen LogP contribution in [0.5, 0.6) is 0 Å². The van der Waals surface area contributed by atoms with E-state index in [1.165, 1.54) is 0 Å². The Labute approximate surface area is 170 Å². The van der Waals surface area contributed by atoms with Gasteiger partial charge in [0.05, 0.1) is 12.4 Å². The third-order valence-corrected chi connectivity index (χ3v) is 4.45. The average Bonchev–Trinajstić information content (AvgIpc) is 2.67. The molecule has 0 spiro atoms. The van der Waals surface area contributed by atoms with Crippen molar-refractivity contribution in [1.82, 2.24) is 9.97 Å². The number of amides is 1. The van der Waals surface area contributed by atoms with Crippen molar-refractivity contribution in [1.29, 1.82) is 0 Å². The van der Waals surface area contributed by atoms with Gasteiger partial charge in [0, 0.05) is 11.3 Å². The fourth-order valence-corrected chi connectivity index (χ4v) is 2.77. The second kappa shape index (κ2) is 7.25. The van der Waals surface area contributed by atoms with Gasteiger partial charge in [-0.15, -0.1) is 0 Å². The van der Waals surface area contributed by atoms with Crippen LogP contribution in [-0.4, -0.2) is 27.8 Å². The fraction of sp³-hybridized carbons (Fsp3) is 0.222. The lowest BCUT2D eigenvalue weighted by Gasteiger charge is -2.38. The molecule has 1 aromatic heterocycles. The van der Waals surface area contributed by atoms with Crippen LogP contribution in [0.4, 0.5) is 32.0 Å². The highest BCUT2D eigenvalue weighted by Crippen LogP contribution is 2.48. The van der Waals surface area contributed by atoms with Crippen LogP contribution in [0.15, 0.2) is 47.9 Å². The average molecular weight is 445 g/mol. The number of hydrogen-bond donors (Lipinski definition) is 2. The van der Waals surface area contributed by atoms with Gasteiger partial charge < -0.3 is 15.8 Å². The number of rotatable bonds is 3. The summed E-state index contributed by atoms with van der Waals surface area (Å²) in [6.07, 6.45) is -3.80. The van der Waals surface area contributed by atoms with Crippen molar-refractivity contribution >= 4 is 17.6 Å². The molecule has 0 bridgehead atoms. The summed E-state index contributed by atoms with van der Waals surface area (Å²) in [6, 6.07) is 2.08. The first-order valence-electron chi connectivity index (χ1n) is 8.36. The summed E-state index contributed by atoms with van der Waals surface area (Å²) in [5, 5.41) is 2.22. The summed E-state index contributed by atoms with van der Waals surface area (Å²) in [5.74, 6) is -7.00. The number of nitrogens with two attached hydrogens (primary N) is 1. The normalized spacial score (nSPS) is 20.6. The number of aliphatic imine (C=N–C) groups is 1. The second-order valence-corrected chi connectivity index (χ2v) is 6.56. The van der Waals surface area contributed by atoms with E-state index in [2.05, 4.69) is 31.6 Å². The molecule has 1 aliphatic rings. The number of ether oxygens (including phenoxy) is 1. The summed E-state index contributed by atoms with van der Waals surface area (Å²) >= 11 is 0. The van der Waals surface area contributed by atoms with Gasteiger partial charge in [-0.2, -0.15) is 22.0 Å². The molecule has 31 heavy (non-hydrogen) atoms. The zero-order valence-corrected chi connectivity index (χ0v) is 15.6. The van der Waals surface area contributed by atoms with Gasteiger partial charge in [0.2, 0.25) is 0 Å². The van der Waals surface area contributed by atoms with Gasteiger partial charge in [-0.1, -0.05) is 6.58 Å². The van der Waals surface area contributed by atoms with Gasteiger partial charge >= 0.3 is 12.1 Å². The number of hydrogen-bond acceptors (Lipinski definition) is 6. The van der Waals surface area contributed by atoms with E-state index < -0.39 is 58.1 Å². The van der Waals surface area contributed by atoms with Gasteiger partial charge in [0.15, 0.2) is 17.0 Å². The van der Waals surface area contributed by atoms with E-state index in [9.17, 15) is 31.1 Å². The summed E-state index contributed by atoms with van der Waals surface area (Å²) < 4.78 is 86.1. The molecule has 2 aromatic rings. The first kappa shape index (κ1) is 22.1. The molecule has 0 saturated heterocycles. The molecule has 1 atom stereocenters. The summed E-state index contributed by atoms with van der Waals surface area (Å²) in [4.78, 5) is 22.3. The van der Waals surface area contributed by atoms with Gasteiger partial charge in [0.25, 0.3) is 11.9 Å². The summed E-state index contributed by atoms with van der Waals surface area (Å²) in [5.41, 5.74) is 0.248. The smallest absolute Gasteiger partial charge is 0.425 e. The predicted molar refractivity (Wildman–Crippen MR) is 95.5 cm³/mol. The first-order valence-corrected chi connectivity index (χ1v) is 8.36. The Morgan fingerprint density at radius 1 is 1.23 bits per heavy atom. The molecule has 164 valence electrons. The van der Waals surface area contributed by atoms with E-state index in [1.54, 1.807) is 0 Å². The molecule has 0 fully saturated rings. The minimum atomic E-state index is -4.75. The Morgan fingerprint density at radius 3 is 2.48 bits per heavy atom. The lowest BCUT2D eigenvalue weighted by Crippen LogP contribution is -2.49. The van der Waals surface area contributed by atoms with Crippen LogP contribution in [-0.2, 0) is 16.5 Å². The molecular formula is C18H13F6N5O2. The van der Waals surface area contributed by atoms with Gasteiger partial charge in [-0.3, -0.25) is 4.79 Å². The highest BCUT2D eigenvalue weighted by atomic mass is 19.4. The first-order chi connectivity index (χ1) is 14.3. The van der Waals surface area contributed by atoms with Gasteiger partial charge in [-0.25, -0.2) is 19.4 Å². The van der Waals surface area contributed by atoms with Crippen LogP contribution >= 0.6 is 0 Å². The number of anilines is 1. The van der Waals surface area contributed by atoms with Gasteiger partial charge in [-0.05, 0) is 25.1 Å². The molecule has 0 saturated carbocycles. The minimum absolute atomic E-state index is 0.161. The van der Waals surface area contributed by atoms with E-state index >= 15 is 0 Å². The topological polar surface area (TPSA) is 102 Å². The van der Waals surface area contributed by atoms with E-state index in [-0.39, 0.29) is 5.69 Å². The number of nitrogens with one attached hydrogen (secondary N) is 1. The molecule has 7 nitrogen and oxygen atoms in total. The Balaban J connectivity index is 1.94. The van der Waals surface area contributed by atoms with Crippen molar-refractivity contribution in [3.63, 3.8) is 0 Å². The monoisotopic (exact) mass is 445 g/mol. The van der Waals surface area contributed by atoms with Gasteiger partial charge in [0.1, 0.15) is 11.5 Å². The molecule has 0 unspecified atom stereocenters.